The maximum atomic E-state index is 15.1. The van der Waals surface area contributed by atoms with Crippen molar-refractivity contribution in [3.63, 3.8) is 0 Å². The van der Waals surface area contributed by atoms with Crippen molar-refractivity contribution in [3.05, 3.63) is 65.1 Å². The van der Waals surface area contributed by atoms with Crippen molar-refractivity contribution in [1.82, 2.24) is 20.0 Å². The molecular weight excluding hydrogens is 758 g/mol. The van der Waals surface area contributed by atoms with Crippen LogP contribution in [0, 0.1) is 18.7 Å². The molecule has 5 aliphatic rings. The average Bonchev–Trinajstić information content (AvgIpc) is 3.98. The monoisotopic (exact) mass is 815 g/mol. The second-order valence-corrected chi connectivity index (χ2v) is 17.7. The fraction of sp³-hybridized carbons (Fsp3) is 0.568. The molecule has 14 heteroatoms. The zero-order chi connectivity index (χ0) is 40.8. The maximum Gasteiger partial charge on any atom is 0.236 e. The highest BCUT2D eigenvalue weighted by Gasteiger charge is 2.57. The number of fused-ring (bicyclic) bond motifs is 2. The van der Waals surface area contributed by atoms with Gasteiger partial charge in [0, 0.05) is 59.1 Å². The van der Waals surface area contributed by atoms with Crippen LogP contribution in [-0.4, -0.2) is 69.2 Å². The first-order chi connectivity index (χ1) is 28.0. The number of benzene rings is 2. The number of aromatic nitrogens is 2. The van der Waals surface area contributed by atoms with E-state index in [0.29, 0.717) is 29.8 Å². The first kappa shape index (κ1) is 42.0. The average molecular weight is 816 g/mol. The lowest BCUT2D eigenvalue weighted by Gasteiger charge is -2.36. The molecule has 1 aromatic heterocycles. The van der Waals surface area contributed by atoms with Crippen LogP contribution in [0.4, 0.5) is 27.5 Å². The lowest BCUT2D eigenvalue weighted by Crippen LogP contribution is -2.40. The largest absolute Gasteiger partial charge is 0.393 e. The minimum Gasteiger partial charge on any atom is -0.393 e. The zero-order valence-corrected chi connectivity index (χ0v) is 34.5. The molecule has 2 aromatic carbocycles. The highest BCUT2D eigenvalue weighted by Crippen LogP contribution is 2.54. The van der Waals surface area contributed by atoms with Crippen LogP contribution in [0.15, 0.2) is 47.5 Å². The highest BCUT2D eigenvalue weighted by atomic mass is 32.2. The summed E-state index contributed by atoms with van der Waals surface area (Å²) in [4.78, 5) is 48.3. The van der Waals surface area contributed by atoms with E-state index in [1.54, 1.807) is 24.2 Å². The summed E-state index contributed by atoms with van der Waals surface area (Å²) in [6, 6.07) is 11.5. The van der Waals surface area contributed by atoms with E-state index < -0.39 is 23.1 Å². The number of piperidine rings is 2. The van der Waals surface area contributed by atoms with Gasteiger partial charge in [0.2, 0.25) is 23.7 Å². The fourth-order valence-corrected chi connectivity index (χ4v) is 9.69. The van der Waals surface area contributed by atoms with Gasteiger partial charge < -0.3 is 25.7 Å². The summed E-state index contributed by atoms with van der Waals surface area (Å²) < 4.78 is 18.7. The minimum atomic E-state index is -0.641. The van der Waals surface area contributed by atoms with Gasteiger partial charge >= 0.3 is 0 Å². The molecule has 2 saturated carbocycles. The molecule has 3 atom stereocenters. The number of nitrogens with one attached hydrogen (secondary N) is 4. The fourth-order valence-electron chi connectivity index (χ4n) is 8.73. The Bertz CT molecular complexity index is 1950. The number of amides is 3. The summed E-state index contributed by atoms with van der Waals surface area (Å²) in [5, 5.41) is 28.5. The van der Waals surface area contributed by atoms with E-state index in [1.807, 2.05) is 19.1 Å². The van der Waals surface area contributed by atoms with Gasteiger partial charge in [-0.05, 0) is 131 Å². The molecule has 2 aliphatic carbocycles. The molecule has 12 nitrogen and oxygen atoms in total. The van der Waals surface area contributed by atoms with Crippen LogP contribution in [0.1, 0.15) is 126 Å². The molecule has 312 valence electrons. The number of carbonyl (C=O) groups excluding carboxylic acids is 3. The number of carbonyl (C=O) groups is 3. The Morgan fingerprint density at radius 1 is 1.00 bits per heavy atom. The SMILES string of the molecule is CCC(CCCC(O)C1CCN(c2ccc(C3CCC(=O)NC3=O)c(F)c2)CC1)NSc1ccc(Nc2ncc3c(n2)NC(=O)C32CC2)c(C)c1.OC1CCCCC1. The zero-order valence-electron chi connectivity index (χ0n) is 33.7. The van der Waals surface area contributed by atoms with Gasteiger partial charge in [0.05, 0.1) is 23.5 Å². The highest BCUT2D eigenvalue weighted by molar-refractivity contribution is 7.97. The number of hydrogen-bond donors (Lipinski definition) is 6. The van der Waals surface area contributed by atoms with E-state index >= 15 is 4.39 Å². The number of halogens is 1. The van der Waals surface area contributed by atoms with E-state index in [2.05, 4.69) is 54.6 Å². The van der Waals surface area contributed by atoms with Gasteiger partial charge in [-0.1, -0.05) is 32.3 Å². The molecule has 3 aromatic rings. The van der Waals surface area contributed by atoms with Gasteiger partial charge in [0.15, 0.2) is 0 Å². The lowest BCUT2D eigenvalue weighted by atomic mass is 9.87. The van der Waals surface area contributed by atoms with E-state index in [1.165, 1.54) is 25.3 Å². The number of aryl methyl sites for hydroxylation is 1. The second-order valence-electron chi connectivity index (χ2n) is 16.7. The molecule has 3 unspecified atom stereocenters. The smallest absolute Gasteiger partial charge is 0.236 e. The van der Waals surface area contributed by atoms with Crippen LogP contribution in [0.3, 0.4) is 0 Å². The Balaban J connectivity index is 0.000000662. The summed E-state index contributed by atoms with van der Waals surface area (Å²) in [5.74, 6) is -0.499. The molecule has 4 fully saturated rings. The summed E-state index contributed by atoms with van der Waals surface area (Å²) in [5.41, 5.74) is 3.59. The normalized spacial score (nSPS) is 21.4. The van der Waals surface area contributed by atoms with Crippen LogP contribution in [0.25, 0.3) is 0 Å². The van der Waals surface area contributed by atoms with E-state index in [0.717, 1.165) is 105 Å². The minimum absolute atomic E-state index is 0.0294. The maximum absolute atomic E-state index is 15.1. The summed E-state index contributed by atoms with van der Waals surface area (Å²) >= 11 is 1.62. The number of nitrogens with zero attached hydrogens (tertiary/aromatic N) is 3. The van der Waals surface area contributed by atoms with Crippen molar-refractivity contribution < 1.29 is 29.0 Å². The Kier molecular flexibility index (Phi) is 13.7. The number of imide groups is 1. The third kappa shape index (κ3) is 10.0. The first-order valence-corrected chi connectivity index (χ1v) is 22.1. The molecule has 2 saturated heterocycles. The van der Waals surface area contributed by atoms with Gasteiger partial charge in [-0.2, -0.15) is 4.98 Å². The topological polar surface area (TPSA) is 169 Å². The Morgan fingerprint density at radius 2 is 1.78 bits per heavy atom. The van der Waals surface area contributed by atoms with Crippen molar-refractivity contribution in [2.45, 2.75) is 145 Å². The summed E-state index contributed by atoms with van der Waals surface area (Å²) in [6.45, 7) is 5.69. The van der Waals surface area contributed by atoms with Crippen molar-refractivity contribution in [3.8, 4) is 0 Å². The van der Waals surface area contributed by atoms with Gasteiger partial charge in [0.25, 0.3) is 0 Å². The molecule has 1 spiro atoms. The Hall–Kier alpha value is -4.11. The van der Waals surface area contributed by atoms with Crippen molar-refractivity contribution >= 4 is 52.8 Å². The molecular formula is C44H58FN7O5S. The molecule has 58 heavy (non-hydrogen) atoms. The Morgan fingerprint density at radius 3 is 2.43 bits per heavy atom. The molecule has 6 N–H and O–H groups in total. The first-order valence-electron chi connectivity index (χ1n) is 21.3. The molecule has 8 rings (SSSR count). The second kappa shape index (κ2) is 18.9. The third-order valence-electron chi connectivity index (χ3n) is 12.7. The van der Waals surface area contributed by atoms with Crippen molar-refractivity contribution in [1.29, 1.82) is 0 Å². The van der Waals surface area contributed by atoms with Crippen LogP contribution in [0.2, 0.25) is 0 Å². The van der Waals surface area contributed by atoms with Crippen molar-refractivity contribution in [2.75, 3.05) is 28.6 Å². The number of aliphatic hydroxyl groups is 2. The number of anilines is 4. The molecule has 0 radical (unpaired) electrons. The van der Waals surface area contributed by atoms with Crippen LogP contribution in [-0.2, 0) is 19.8 Å². The third-order valence-corrected chi connectivity index (χ3v) is 13.6. The molecule has 0 bridgehead atoms. The number of aliphatic hydroxyl groups excluding tert-OH is 2. The van der Waals surface area contributed by atoms with Crippen molar-refractivity contribution in [2.24, 2.45) is 5.92 Å². The van der Waals surface area contributed by atoms with Gasteiger partial charge in [-0.15, -0.1) is 0 Å². The van der Waals surface area contributed by atoms with E-state index in [-0.39, 0.29) is 36.4 Å². The number of rotatable bonds is 13. The predicted octanol–water partition coefficient (Wildman–Crippen LogP) is 7.31. The quantitative estimate of drug-likeness (QED) is 0.0756. The van der Waals surface area contributed by atoms with Gasteiger partial charge in [-0.3, -0.25) is 24.4 Å². The van der Waals surface area contributed by atoms with Crippen LogP contribution >= 0.6 is 11.9 Å². The van der Waals surface area contributed by atoms with E-state index in [9.17, 15) is 19.5 Å². The standard InChI is InChI=1S/C38H46FN7O4S.C6H12O/c1-3-24(45-51-26-8-11-31(22(2)19-26)41-37-40-21-29-34(44-37)43-36(50)38(29)15-16-38)5-4-6-32(47)23-13-17-46(18-14-23)25-7-9-27(30(39)20-25)28-10-12-33(48)42-35(28)49;7-6-4-2-1-3-5-6/h7-9,11,19-21,23-24,28,32,45,47H,3-6,10,12-18H2,1-2H3,(H,42,48,49)(H2,40,41,43,44,50);6-7H,1-5H2. The summed E-state index contributed by atoms with van der Waals surface area (Å²) in [7, 11) is 0. The van der Waals surface area contributed by atoms with Crippen LogP contribution < -0.4 is 25.6 Å². The molecule has 4 heterocycles. The van der Waals surface area contributed by atoms with E-state index in [4.69, 9.17) is 5.11 Å². The summed E-state index contributed by atoms with van der Waals surface area (Å²) in [6.07, 6.45) is 14.9. The number of hydrogen-bond acceptors (Lipinski definition) is 11. The van der Waals surface area contributed by atoms with Gasteiger partial charge in [-0.25, -0.2) is 9.37 Å². The lowest BCUT2D eigenvalue weighted by molar-refractivity contribution is -0.134. The van der Waals surface area contributed by atoms with Crippen LogP contribution in [0.5, 0.6) is 0 Å². The molecule has 3 amide bonds. The Labute approximate surface area is 345 Å². The predicted molar refractivity (Wildman–Crippen MR) is 225 cm³/mol. The van der Waals surface area contributed by atoms with Gasteiger partial charge in [0.1, 0.15) is 11.6 Å². The molecule has 3 aliphatic heterocycles.